The second kappa shape index (κ2) is 13.0. The molecule has 1 aromatic heterocycles. The minimum atomic E-state index is -3.56. The molecule has 3 aliphatic heterocycles. The van der Waals surface area contributed by atoms with Crippen molar-refractivity contribution in [3.8, 4) is 0 Å². The molecule has 9 heteroatoms. The number of likely N-dealkylation sites (N-methyl/N-ethyl adjacent to an activating group) is 1. The van der Waals surface area contributed by atoms with Crippen LogP contribution in [0.15, 0.2) is 76.7 Å². The molecule has 0 N–H and O–H groups in total. The van der Waals surface area contributed by atoms with Gasteiger partial charge in [-0.25, -0.2) is 8.42 Å². The fourth-order valence-corrected chi connectivity index (χ4v) is 10.7. The number of aromatic nitrogens is 1. The van der Waals surface area contributed by atoms with Gasteiger partial charge in [0.1, 0.15) is 6.10 Å². The summed E-state index contributed by atoms with van der Waals surface area (Å²) in [6.45, 7) is 10.6. The standard InChI is InChI=1S/C38H48N4O4S/c1-27-21-34(15-18-39-27)47(44,45)33-13-11-32(12-14-33)42-23-29(24-42)22-41-19-16-31(17-20-41)38(36-9-6-10-37(36)46-28(2)43)26-40(3)25-30-7-4-5-8-35(30)38/h4-5,7-8,11-15,18,21,29,31,36-37H,6,9-10,16-17,19-20,22-26H2,1-3H3/t36-,37-,38?/m0/s1. The first-order valence-electron chi connectivity index (χ1n) is 17.3. The van der Waals surface area contributed by atoms with E-state index >= 15 is 0 Å². The summed E-state index contributed by atoms with van der Waals surface area (Å²) in [5.41, 5.74) is 4.70. The van der Waals surface area contributed by atoms with Crippen molar-refractivity contribution in [2.75, 3.05) is 51.2 Å². The highest BCUT2D eigenvalue weighted by molar-refractivity contribution is 7.91. The van der Waals surface area contributed by atoms with Crippen LogP contribution in [0.25, 0.3) is 0 Å². The first-order valence-corrected chi connectivity index (χ1v) is 18.8. The summed E-state index contributed by atoms with van der Waals surface area (Å²) >= 11 is 0. The quantitative estimate of drug-likeness (QED) is 0.295. The van der Waals surface area contributed by atoms with Crippen molar-refractivity contribution >= 4 is 21.5 Å². The van der Waals surface area contributed by atoms with E-state index in [0.717, 1.165) is 83.6 Å². The average Bonchev–Trinajstić information content (AvgIpc) is 3.50. The van der Waals surface area contributed by atoms with E-state index in [2.05, 4.69) is 51.0 Å². The molecule has 1 unspecified atom stereocenters. The fourth-order valence-electron chi connectivity index (χ4n) is 9.38. The Balaban J connectivity index is 0.991. The molecule has 8 nitrogen and oxygen atoms in total. The number of carbonyl (C=O) groups is 1. The number of sulfone groups is 1. The Hall–Kier alpha value is -3.27. The van der Waals surface area contributed by atoms with Crippen molar-refractivity contribution in [1.82, 2.24) is 14.8 Å². The molecule has 0 radical (unpaired) electrons. The molecule has 0 bridgehead atoms. The maximum atomic E-state index is 13.1. The Kier molecular flexibility index (Phi) is 8.91. The van der Waals surface area contributed by atoms with Crippen molar-refractivity contribution in [3.63, 3.8) is 0 Å². The molecule has 0 amide bonds. The van der Waals surface area contributed by atoms with Crippen LogP contribution in [0.1, 0.15) is 55.8 Å². The van der Waals surface area contributed by atoms with E-state index in [9.17, 15) is 13.2 Å². The molecule has 4 heterocycles. The molecule has 2 saturated heterocycles. The number of fused-ring (bicyclic) bond motifs is 1. The minimum Gasteiger partial charge on any atom is -0.462 e. The first-order chi connectivity index (χ1) is 22.6. The predicted molar refractivity (Wildman–Crippen MR) is 183 cm³/mol. The van der Waals surface area contributed by atoms with Crippen LogP contribution in [-0.2, 0) is 31.3 Å². The van der Waals surface area contributed by atoms with Gasteiger partial charge in [0.15, 0.2) is 0 Å². The number of piperidine rings is 1. The van der Waals surface area contributed by atoms with E-state index < -0.39 is 9.84 Å². The maximum absolute atomic E-state index is 13.1. The molecule has 7 rings (SSSR count). The van der Waals surface area contributed by atoms with Crippen molar-refractivity contribution in [2.24, 2.45) is 17.8 Å². The van der Waals surface area contributed by atoms with Gasteiger partial charge in [-0.1, -0.05) is 24.3 Å². The van der Waals surface area contributed by atoms with Crippen LogP contribution in [-0.4, -0.2) is 81.6 Å². The molecular weight excluding hydrogens is 609 g/mol. The van der Waals surface area contributed by atoms with E-state index in [-0.39, 0.29) is 22.4 Å². The summed E-state index contributed by atoms with van der Waals surface area (Å²) in [5, 5.41) is 0. The van der Waals surface area contributed by atoms with Gasteiger partial charge in [0.05, 0.1) is 9.79 Å². The third kappa shape index (κ3) is 6.22. The molecule has 1 aliphatic carbocycles. The summed E-state index contributed by atoms with van der Waals surface area (Å²) in [6, 6.07) is 19.6. The van der Waals surface area contributed by atoms with Gasteiger partial charge in [0.25, 0.3) is 0 Å². The van der Waals surface area contributed by atoms with Crippen molar-refractivity contribution in [2.45, 2.75) is 73.8 Å². The number of hydrogen-bond acceptors (Lipinski definition) is 8. The van der Waals surface area contributed by atoms with Gasteiger partial charge in [-0.05, 0) is 113 Å². The van der Waals surface area contributed by atoms with Crippen LogP contribution >= 0.6 is 0 Å². The zero-order chi connectivity index (χ0) is 32.8. The van der Waals surface area contributed by atoms with Gasteiger partial charge < -0.3 is 19.4 Å². The molecule has 3 fully saturated rings. The number of esters is 1. The highest BCUT2D eigenvalue weighted by Crippen LogP contribution is 2.54. The number of carbonyl (C=O) groups excluding carboxylic acids is 1. The Morgan fingerprint density at radius 1 is 0.979 bits per heavy atom. The summed E-state index contributed by atoms with van der Waals surface area (Å²) in [6.07, 6.45) is 7.08. The summed E-state index contributed by atoms with van der Waals surface area (Å²) in [7, 11) is -1.31. The summed E-state index contributed by atoms with van der Waals surface area (Å²) in [5.74, 6) is 1.35. The largest absolute Gasteiger partial charge is 0.462 e. The predicted octanol–water partition coefficient (Wildman–Crippen LogP) is 5.49. The molecular formula is C38H48N4O4S. The molecule has 4 aliphatic rings. The maximum Gasteiger partial charge on any atom is 0.302 e. The number of pyridine rings is 1. The number of likely N-dealkylation sites (tertiary alicyclic amines) is 1. The molecule has 3 aromatic rings. The fraction of sp³-hybridized carbons (Fsp3) is 0.526. The second-order valence-corrected chi connectivity index (χ2v) is 16.5. The van der Waals surface area contributed by atoms with Gasteiger partial charge in [-0.15, -0.1) is 0 Å². The topological polar surface area (TPSA) is 83.0 Å². The van der Waals surface area contributed by atoms with Crippen LogP contribution in [0.5, 0.6) is 0 Å². The van der Waals surface area contributed by atoms with Crippen LogP contribution in [0, 0.1) is 24.7 Å². The van der Waals surface area contributed by atoms with Crippen LogP contribution in [0.2, 0.25) is 0 Å². The highest BCUT2D eigenvalue weighted by atomic mass is 32.2. The second-order valence-electron chi connectivity index (χ2n) is 14.5. The zero-order valence-corrected chi connectivity index (χ0v) is 28.8. The number of aryl methyl sites for hydroxylation is 1. The van der Waals surface area contributed by atoms with E-state index in [0.29, 0.717) is 28.3 Å². The number of benzene rings is 2. The van der Waals surface area contributed by atoms with Gasteiger partial charge in [-0.2, -0.15) is 0 Å². The Morgan fingerprint density at radius 3 is 2.45 bits per heavy atom. The normalized spacial score (nSPS) is 26.1. The van der Waals surface area contributed by atoms with E-state index in [4.69, 9.17) is 4.74 Å². The smallest absolute Gasteiger partial charge is 0.302 e. The van der Waals surface area contributed by atoms with Crippen molar-refractivity contribution in [3.05, 3.63) is 83.7 Å². The monoisotopic (exact) mass is 656 g/mol. The van der Waals surface area contributed by atoms with Gasteiger partial charge in [0.2, 0.25) is 9.84 Å². The molecule has 250 valence electrons. The SMILES string of the molecule is CC(=O)O[C@H]1CCC[C@@H]1C1(C2CCN(CC3CN(c4ccc(S(=O)(=O)c5ccnc(C)c5)cc4)C3)CC2)CN(C)Cc2ccccc21. The van der Waals surface area contributed by atoms with Crippen molar-refractivity contribution in [1.29, 1.82) is 0 Å². The lowest BCUT2D eigenvalue weighted by Gasteiger charge is -2.54. The van der Waals surface area contributed by atoms with E-state index in [1.165, 1.54) is 11.1 Å². The third-order valence-corrected chi connectivity index (χ3v) is 13.2. The lowest BCUT2D eigenvalue weighted by Crippen LogP contribution is -2.58. The molecule has 1 saturated carbocycles. The van der Waals surface area contributed by atoms with Crippen LogP contribution < -0.4 is 4.90 Å². The zero-order valence-electron chi connectivity index (χ0n) is 28.0. The van der Waals surface area contributed by atoms with Gasteiger partial charge >= 0.3 is 5.97 Å². The molecule has 3 atom stereocenters. The first kappa shape index (κ1) is 32.3. The van der Waals surface area contributed by atoms with Crippen LogP contribution in [0.3, 0.4) is 0 Å². The van der Waals surface area contributed by atoms with Crippen molar-refractivity contribution < 1.29 is 17.9 Å². The number of rotatable bonds is 8. The Bertz CT molecular complexity index is 1700. The van der Waals surface area contributed by atoms with Gasteiger partial charge in [-0.3, -0.25) is 9.78 Å². The Morgan fingerprint density at radius 2 is 1.72 bits per heavy atom. The minimum absolute atomic E-state index is 0.0000507. The number of ether oxygens (including phenoxy) is 1. The van der Waals surface area contributed by atoms with Gasteiger partial charge in [0, 0.05) is 74.5 Å². The molecule has 47 heavy (non-hydrogen) atoms. The number of anilines is 1. The molecule has 2 aromatic carbocycles. The number of hydrogen-bond donors (Lipinski definition) is 0. The number of nitrogens with zero attached hydrogens (tertiary/aromatic N) is 4. The Labute approximate surface area is 280 Å². The summed E-state index contributed by atoms with van der Waals surface area (Å²) in [4.78, 5) is 24.4. The van der Waals surface area contributed by atoms with Crippen LogP contribution in [0.4, 0.5) is 5.69 Å². The highest BCUT2D eigenvalue weighted by Gasteiger charge is 2.54. The lowest BCUT2D eigenvalue weighted by atomic mass is 9.56. The van der Waals surface area contributed by atoms with E-state index in [1.54, 1.807) is 44.3 Å². The molecule has 0 spiro atoms. The third-order valence-electron chi connectivity index (χ3n) is 11.4. The van der Waals surface area contributed by atoms with E-state index in [1.807, 2.05) is 12.1 Å². The summed E-state index contributed by atoms with van der Waals surface area (Å²) < 4.78 is 32.2. The average molecular weight is 657 g/mol. The lowest BCUT2D eigenvalue weighted by molar-refractivity contribution is -0.150.